The lowest BCUT2D eigenvalue weighted by Crippen LogP contribution is -2.49. The van der Waals surface area contributed by atoms with E-state index in [0.717, 1.165) is 87.4 Å². The van der Waals surface area contributed by atoms with Crippen LogP contribution in [-0.4, -0.2) is 76.3 Å². The third-order valence-corrected chi connectivity index (χ3v) is 14.7. The second-order valence-corrected chi connectivity index (χ2v) is 18.5. The summed E-state index contributed by atoms with van der Waals surface area (Å²) in [4.78, 5) is 14.4. The molecule has 306 valence electrons. The molecule has 1 aliphatic carbocycles. The second kappa shape index (κ2) is 16.2. The number of allylic oxidation sites excluding steroid dienone is 1. The first kappa shape index (κ1) is 38.7. The first-order valence-electron chi connectivity index (χ1n) is 21.9. The van der Waals surface area contributed by atoms with E-state index in [1.54, 1.807) is 0 Å². The molecule has 1 N–H and O–H groups in total. The molecule has 1 atom stereocenters. The van der Waals surface area contributed by atoms with Gasteiger partial charge in [-0.3, -0.25) is 14.5 Å². The highest BCUT2D eigenvalue weighted by Crippen LogP contribution is 2.42. The number of rotatable bonds is 7. The van der Waals surface area contributed by atoms with Gasteiger partial charge in [-0.2, -0.15) is 0 Å². The molecule has 8 nitrogen and oxygen atoms in total. The largest absolute Gasteiger partial charge is 0.508 e. The van der Waals surface area contributed by atoms with Gasteiger partial charge in [0.15, 0.2) is 5.82 Å². The van der Waals surface area contributed by atoms with E-state index in [4.69, 9.17) is 4.99 Å². The van der Waals surface area contributed by atoms with Crippen molar-refractivity contribution in [2.75, 3.05) is 55.6 Å². The number of aromatic hydroxyl groups is 1. The van der Waals surface area contributed by atoms with Gasteiger partial charge in [-0.05, 0) is 141 Å². The molecule has 0 bridgehead atoms. The van der Waals surface area contributed by atoms with Crippen LogP contribution in [0, 0.1) is 26.7 Å². The molecule has 9 heteroatoms. The number of benzene rings is 4. The maximum atomic E-state index is 10.3. The molecular formula is C51H55N7OS. The van der Waals surface area contributed by atoms with Crippen LogP contribution in [-0.2, 0) is 6.42 Å². The highest BCUT2D eigenvalue weighted by Gasteiger charge is 2.30. The molecule has 0 amide bonds. The standard InChI is InChI=1S/C51H55N7OS/c1-33-35(3)60-51-47(33)49(52-34(2)50-54-53-36(4)58(50)51)40-15-19-42(20-16-40)56-25-23-37(24-26-56)32-55-27-29-57(30-28-55)43-17-13-39(14-18-43)48-45(38-9-6-5-7-10-38)12-8-11-41-31-44(59)21-22-46(41)48/h5-7,9-10,13-22,31,34,37,59H,8,11-12,23-30,32H2,1-4H3/t34-/m0/s1. The van der Waals surface area contributed by atoms with E-state index in [1.165, 1.54) is 85.2 Å². The fourth-order valence-electron chi connectivity index (χ4n) is 10.1. The Hall–Kier alpha value is -5.51. The second-order valence-electron chi connectivity index (χ2n) is 17.3. The molecule has 0 spiro atoms. The number of anilines is 2. The zero-order valence-corrected chi connectivity index (χ0v) is 36.2. The van der Waals surface area contributed by atoms with Crippen LogP contribution in [0.2, 0.25) is 0 Å². The number of hydrogen-bond donors (Lipinski definition) is 1. The number of piperazine rings is 1. The Kier molecular flexibility index (Phi) is 10.4. The lowest BCUT2D eigenvalue weighted by molar-refractivity contribution is 0.201. The predicted octanol–water partition coefficient (Wildman–Crippen LogP) is 10.2. The molecule has 2 fully saturated rings. The van der Waals surface area contributed by atoms with Crippen molar-refractivity contribution in [1.82, 2.24) is 19.7 Å². The summed E-state index contributed by atoms with van der Waals surface area (Å²) in [5.74, 6) is 2.90. The van der Waals surface area contributed by atoms with Gasteiger partial charge in [0.2, 0.25) is 0 Å². The normalized spacial score (nSPS) is 18.7. The van der Waals surface area contributed by atoms with Gasteiger partial charge in [-0.15, -0.1) is 21.5 Å². The Bertz CT molecular complexity index is 2570. The number of nitrogens with zero attached hydrogens (tertiary/aromatic N) is 7. The maximum Gasteiger partial charge on any atom is 0.162 e. The van der Waals surface area contributed by atoms with Gasteiger partial charge in [0.25, 0.3) is 0 Å². The van der Waals surface area contributed by atoms with Gasteiger partial charge in [0.1, 0.15) is 22.6 Å². The third-order valence-electron chi connectivity index (χ3n) is 13.5. The monoisotopic (exact) mass is 813 g/mol. The minimum atomic E-state index is -0.0750. The summed E-state index contributed by atoms with van der Waals surface area (Å²) in [6.45, 7) is 16.3. The van der Waals surface area contributed by atoms with Crippen LogP contribution < -0.4 is 9.80 Å². The lowest BCUT2D eigenvalue weighted by Gasteiger charge is -2.40. The average molecular weight is 814 g/mol. The molecule has 4 aliphatic rings. The molecule has 2 aromatic heterocycles. The summed E-state index contributed by atoms with van der Waals surface area (Å²) in [5.41, 5.74) is 15.1. The first-order chi connectivity index (χ1) is 29.3. The molecule has 3 aliphatic heterocycles. The minimum Gasteiger partial charge on any atom is -0.508 e. The summed E-state index contributed by atoms with van der Waals surface area (Å²) in [6, 6.07) is 35.2. The van der Waals surface area contributed by atoms with Crippen LogP contribution in [0.3, 0.4) is 0 Å². The quantitative estimate of drug-likeness (QED) is 0.173. The molecule has 6 aromatic rings. The summed E-state index contributed by atoms with van der Waals surface area (Å²) in [7, 11) is 0. The molecule has 0 unspecified atom stereocenters. The van der Waals surface area contributed by atoms with Crippen LogP contribution in [0.5, 0.6) is 5.75 Å². The molecule has 0 radical (unpaired) electrons. The predicted molar refractivity (Wildman–Crippen MR) is 247 cm³/mol. The maximum absolute atomic E-state index is 10.3. The van der Waals surface area contributed by atoms with E-state index in [0.29, 0.717) is 5.75 Å². The van der Waals surface area contributed by atoms with E-state index in [1.807, 2.05) is 30.4 Å². The van der Waals surface area contributed by atoms with Crippen LogP contribution in [0.4, 0.5) is 11.4 Å². The molecule has 2 saturated heterocycles. The van der Waals surface area contributed by atoms with Crippen molar-refractivity contribution >= 4 is 39.6 Å². The van der Waals surface area contributed by atoms with Crippen LogP contribution in [0.15, 0.2) is 102 Å². The fourth-order valence-corrected chi connectivity index (χ4v) is 11.3. The molecule has 0 saturated carbocycles. The zero-order chi connectivity index (χ0) is 40.9. The van der Waals surface area contributed by atoms with Crippen molar-refractivity contribution in [2.45, 2.75) is 65.8 Å². The summed E-state index contributed by atoms with van der Waals surface area (Å²) in [5, 5.41) is 20.5. The Morgan fingerprint density at radius 1 is 0.717 bits per heavy atom. The summed E-state index contributed by atoms with van der Waals surface area (Å²) < 4.78 is 2.21. The number of hydrogen-bond acceptors (Lipinski definition) is 8. The van der Waals surface area contributed by atoms with Crippen molar-refractivity contribution in [3.8, 4) is 10.8 Å². The van der Waals surface area contributed by atoms with Gasteiger partial charge >= 0.3 is 0 Å². The van der Waals surface area contributed by atoms with Crippen molar-refractivity contribution in [3.05, 3.63) is 153 Å². The SMILES string of the molecule is Cc1sc2c(c1C)C(c1ccc(N3CCC(CN4CCN(c5ccc(C6=C(c7ccccc7)CCCc7cc(O)ccc76)cc5)CC4)CC3)cc1)=N[C@@H](C)c1nnc(C)n1-2. The van der Waals surface area contributed by atoms with Crippen molar-refractivity contribution in [2.24, 2.45) is 10.9 Å². The van der Waals surface area contributed by atoms with E-state index in [2.05, 4.69) is 135 Å². The van der Waals surface area contributed by atoms with Gasteiger partial charge < -0.3 is 14.9 Å². The number of phenols is 1. The Morgan fingerprint density at radius 3 is 2.12 bits per heavy atom. The van der Waals surface area contributed by atoms with E-state index >= 15 is 0 Å². The van der Waals surface area contributed by atoms with Crippen LogP contribution in [0.25, 0.3) is 16.1 Å². The Labute approximate surface area is 358 Å². The number of phenolic OH excluding ortho intramolecular Hbond substituents is 1. The average Bonchev–Trinajstić information content (AvgIpc) is 3.68. The fraction of sp³-hybridized carbons (Fsp3) is 0.353. The molecular weight excluding hydrogens is 759 g/mol. The highest BCUT2D eigenvalue weighted by atomic mass is 32.1. The van der Waals surface area contributed by atoms with Gasteiger partial charge in [0.05, 0.1) is 5.71 Å². The molecule has 60 heavy (non-hydrogen) atoms. The van der Waals surface area contributed by atoms with E-state index < -0.39 is 0 Å². The number of thiophene rings is 1. The number of piperidine rings is 1. The lowest BCUT2D eigenvalue weighted by atomic mass is 9.87. The zero-order valence-electron chi connectivity index (χ0n) is 35.4. The smallest absolute Gasteiger partial charge is 0.162 e. The van der Waals surface area contributed by atoms with Crippen LogP contribution >= 0.6 is 11.3 Å². The summed E-state index contributed by atoms with van der Waals surface area (Å²) >= 11 is 1.81. The highest BCUT2D eigenvalue weighted by molar-refractivity contribution is 7.15. The van der Waals surface area contributed by atoms with Gasteiger partial charge in [-0.1, -0.05) is 60.7 Å². The Morgan fingerprint density at radius 2 is 1.40 bits per heavy atom. The third kappa shape index (κ3) is 7.26. The van der Waals surface area contributed by atoms with Gasteiger partial charge in [-0.25, -0.2) is 0 Å². The molecule has 5 heterocycles. The van der Waals surface area contributed by atoms with Gasteiger partial charge in [0, 0.05) is 73.2 Å². The number of fused-ring (bicyclic) bond motifs is 4. The minimum absolute atomic E-state index is 0.0750. The molecule has 10 rings (SSSR count). The topological polar surface area (TPSA) is 73.0 Å². The van der Waals surface area contributed by atoms with Crippen LogP contribution in [0.1, 0.15) is 94.1 Å². The Balaban J connectivity index is 0.760. The number of aryl methyl sites for hydroxylation is 3. The van der Waals surface area contributed by atoms with E-state index in [-0.39, 0.29) is 6.04 Å². The first-order valence-corrected chi connectivity index (χ1v) is 22.7. The molecule has 4 aromatic carbocycles. The number of aromatic nitrogens is 3. The van der Waals surface area contributed by atoms with Crippen molar-refractivity contribution in [3.63, 3.8) is 0 Å². The summed E-state index contributed by atoms with van der Waals surface area (Å²) in [6.07, 6.45) is 5.52. The van der Waals surface area contributed by atoms with Crippen molar-refractivity contribution < 1.29 is 5.11 Å². The number of aliphatic imine (C=N–C) groups is 1. The van der Waals surface area contributed by atoms with Crippen molar-refractivity contribution in [1.29, 1.82) is 0 Å². The van der Waals surface area contributed by atoms with E-state index in [9.17, 15) is 5.11 Å².